The third kappa shape index (κ3) is 2.38. The molecule has 3 aromatic rings. The summed E-state index contributed by atoms with van der Waals surface area (Å²) in [6, 6.07) is 7.65. The maximum absolute atomic E-state index is 5.96. The van der Waals surface area contributed by atoms with Gasteiger partial charge in [-0.3, -0.25) is 0 Å². The molecule has 0 unspecified atom stereocenters. The highest BCUT2D eigenvalue weighted by atomic mass is 32.1. The molecule has 0 aliphatic rings. The zero-order chi connectivity index (χ0) is 15.0. The van der Waals surface area contributed by atoms with E-state index in [4.69, 9.17) is 15.0 Å². The molecule has 6 heteroatoms. The van der Waals surface area contributed by atoms with Crippen LogP contribution in [0.25, 0.3) is 21.7 Å². The lowest BCUT2D eigenvalue weighted by Crippen LogP contribution is -1.88. The van der Waals surface area contributed by atoms with Crippen molar-refractivity contribution in [2.75, 3.05) is 12.8 Å². The number of hydrogen-bond donors (Lipinski definition) is 1. The highest BCUT2D eigenvalue weighted by Gasteiger charge is 2.21. The Morgan fingerprint density at radius 2 is 1.90 bits per heavy atom. The third-order valence-electron chi connectivity index (χ3n) is 3.22. The van der Waals surface area contributed by atoms with Gasteiger partial charge in [-0.2, -0.15) is 0 Å². The van der Waals surface area contributed by atoms with Crippen LogP contribution >= 0.6 is 11.3 Å². The van der Waals surface area contributed by atoms with Gasteiger partial charge < -0.3 is 15.0 Å². The second kappa shape index (κ2) is 5.21. The Labute approximate surface area is 126 Å². The molecule has 0 aliphatic carbocycles. The summed E-state index contributed by atoms with van der Waals surface area (Å²) in [5.74, 6) is 1.10. The molecule has 2 aromatic heterocycles. The van der Waals surface area contributed by atoms with Gasteiger partial charge in [0.1, 0.15) is 11.4 Å². The van der Waals surface area contributed by atoms with Crippen molar-refractivity contribution in [1.82, 2.24) is 10.1 Å². The van der Waals surface area contributed by atoms with Gasteiger partial charge in [-0.05, 0) is 31.5 Å². The third-order valence-corrected chi connectivity index (χ3v) is 4.30. The molecule has 0 spiro atoms. The van der Waals surface area contributed by atoms with E-state index in [2.05, 4.69) is 10.1 Å². The van der Waals surface area contributed by atoms with Crippen LogP contribution in [0.3, 0.4) is 0 Å². The Morgan fingerprint density at radius 1 is 1.19 bits per heavy atom. The first-order chi connectivity index (χ1) is 10.1. The Balaban J connectivity index is 2.14. The first-order valence-electron chi connectivity index (χ1n) is 6.44. The maximum atomic E-state index is 5.96. The van der Waals surface area contributed by atoms with Gasteiger partial charge in [0.15, 0.2) is 0 Å². The van der Waals surface area contributed by atoms with Crippen LogP contribution in [-0.4, -0.2) is 17.3 Å². The van der Waals surface area contributed by atoms with E-state index in [9.17, 15) is 0 Å². The number of nitrogens with zero attached hydrogens (tertiary/aromatic N) is 2. The molecular weight excluding hydrogens is 286 g/mol. The average Bonchev–Trinajstić information content (AvgIpc) is 3.01. The molecule has 5 nitrogen and oxygen atoms in total. The molecule has 0 saturated heterocycles. The fraction of sp³-hybridized carbons (Fsp3) is 0.200. The number of nitrogen functional groups attached to an aromatic ring is 1. The number of aryl methyl sites for hydroxylation is 2. The standard InChI is InChI=1S/C15H15N3O2S/c1-8-14(21-9(2)17-8)13-12(15(16)20-18-13)10-4-6-11(19-3)7-5-10/h4-7H,16H2,1-3H3. The monoisotopic (exact) mass is 301 g/mol. The number of methoxy groups -OCH3 is 1. The first kappa shape index (κ1) is 13.6. The largest absolute Gasteiger partial charge is 0.497 e. The van der Waals surface area contributed by atoms with Gasteiger partial charge in [-0.25, -0.2) is 4.98 Å². The van der Waals surface area contributed by atoms with Gasteiger partial charge in [-0.1, -0.05) is 17.3 Å². The summed E-state index contributed by atoms with van der Waals surface area (Å²) in [6.45, 7) is 3.93. The van der Waals surface area contributed by atoms with E-state index in [1.54, 1.807) is 18.4 Å². The number of aromatic nitrogens is 2. The summed E-state index contributed by atoms with van der Waals surface area (Å²) in [5, 5.41) is 5.11. The van der Waals surface area contributed by atoms with E-state index in [1.165, 1.54) is 0 Å². The van der Waals surface area contributed by atoms with Crippen molar-refractivity contribution in [2.24, 2.45) is 0 Å². The van der Waals surface area contributed by atoms with Gasteiger partial charge in [-0.15, -0.1) is 11.3 Å². The van der Waals surface area contributed by atoms with Crippen LogP contribution in [0.15, 0.2) is 28.8 Å². The number of thiazole rings is 1. The van der Waals surface area contributed by atoms with Gasteiger partial charge in [0.2, 0.25) is 5.88 Å². The van der Waals surface area contributed by atoms with Gasteiger partial charge >= 0.3 is 0 Å². The SMILES string of the molecule is COc1ccc(-c2c(-c3sc(C)nc3C)noc2N)cc1. The van der Waals surface area contributed by atoms with E-state index in [1.807, 2.05) is 38.1 Å². The van der Waals surface area contributed by atoms with Crippen molar-refractivity contribution >= 4 is 17.2 Å². The second-order valence-electron chi connectivity index (χ2n) is 4.65. The van der Waals surface area contributed by atoms with Crippen LogP contribution in [-0.2, 0) is 0 Å². The molecule has 0 radical (unpaired) electrons. The molecule has 1 aromatic carbocycles. The summed E-state index contributed by atoms with van der Waals surface area (Å²) in [4.78, 5) is 5.42. The molecule has 0 fully saturated rings. The first-order valence-corrected chi connectivity index (χ1v) is 7.25. The lowest BCUT2D eigenvalue weighted by atomic mass is 10.0. The number of benzene rings is 1. The highest BCUT2D eigenvalue weighted by molar-refractivity contribution is 7.15. The lowest BCUT2D eigenvalue weighted by molar-refractivity contribution is 0.415. The van der Waals surface area contributed by atoms with Crippen LogP contribution in [0.4, 0.5) is 5.88 Å². The summed E-state index contributed by atoms with van der Waals surface area (Å²) < 4.78 is 10.4. The number of rotatable bonds is 3. The Morgan fingerprint density at radius 3 is 2.48 bits per heavy atom. The minimum absolute atomic E-state index is 0.306. The molecule has 0 aliphatic heterocycles. The van der Waals surface area contributed by atoms with E-state index in [0.717, 1.165) is 38.1 Å². The summed E-state index contributed by atoms with van der Waals surface area (Å²) >= 11 is 1.58. The van der Waals surface area contributed by atoms with Crippen molar-refractivity contribution in [3.63, 3.8) is 0 Å². The fourth-order valence-corrected chi connectivity index (χ4v) is 3.15. The Kier molecular flexibility index (Phi) is 3.39. The summed E-state index contributed by atoms with van der Waals surface area (Å²) in [6.07, 6.45) is 0. The molecule has 2 N–H and O–H groups in total. The number of ether oxygens (including phenoxy) is 1. The quantitative estimate of drug-likeness (QED) is 0.799. The zero-order valence-corrected chi connectivity index (χ0v) is 12.8. The van der Waals surface area contributed by atoms with Crippen molar-refractivity contribution in [1.29, 1.82) is 0 Å². The van der Waals surface area contributed by atoms with Crippen molar-refractivity contribution in [3.05, 3.63) is 35.0 Å². The van der Waals surface area contributed by atoms with Crippen molar-refractivity contribution in [3.8, 4) is 27.4 Å². The number of hydrogen-bond acceptors (Lipinski definition) is 6. The molecule has 0 bridgehead atoms. The molecule has 0 atom stereocenters. The van der Waals surface area contributed by atoms with Crippen LogP contribution < -0.4 is 10.5 Å². The Hall–Kier alpha value is -2.34. The molecular formula is C15H15N3O2S. The second-order valence-corrected chi connectivity index (χ2v) is 5.85. The maximum Gasteiger partial charge on any atom is 0.230 e. The summed E-state index contributed by atoms with van der Waals surface area (Å²) in [7, 11) is 1.64. The van der Waals surface area contributed by atoms with E-state index >= 15 is 0 Å². The molecule has 108 valence electrons. The highest BCUT2D eigenvalue weighted by Crippen LogP contribution is 2.40. The van der Waals surface area contributed by atoms with E-state index in [-0.39, 0.29) is 0 Å². The minimum atomic E-state index is 0.306. The topological polar surface area (TPSA) is 74.2 Å². The number of anilines is 1. The van der Waals surface area contributed by atoms with E-state index in [0.29, 0.717) is 5.88 Å². The average molecular weight is 301 g/mol. The minimum Gasteiger partial charge on any atom is -0.497 e. The molecule has 0 amide bonds. The predicted octanol–water partition coefficient (Wildman–Crippen LogP) is 3.67. The molecule has 0 saturated carbocycles. The Bertz CT molecular complexity index is 775. The molecule has 2 heterocycles. The van der Waals surface area contributed by atoms with Crippen LogP contribution in [0.1, 0.15) is 10.7 Å². The normalized spacial score (nSPS) is 10.8. The zero-order valence-electron chi connectivity index (χ0n) is 12.0. The smallest absolute Gasteiger partial charge is 0.230 e. The van der Waals surface area contributed by atoms with Gasteiger partial charge in [0.05, 0.1) is 28.3 Å². The van der Waals surface area contributed by atoms with Crippen LogP contribution in [0.5, 0.6) is 5.75 Å². The number of nitrogens with two attached hydrogens (primary N) is 1. The van der Waals surface area contributed by atoms with E-state index < -0.39 is 0 Å². The van der Waals surface area contributed by atoms with Gasteiger partial charge in [0.25, 0.3) is 0 Å². The summed E-state index contributed by atoms with van der Waals surface area (Å²) in [5.41, 5.74) is 9.37. The molecule has 21 heavy (non-hydrogen) atoms. The lowest BCUT2D eigenvalue weighted by Gasteiger charge is -2.03. The van der Waals surface area contributed by atoms with Crippen molar-refractivity contribution in [2.45, 2.75) is 13.8 Å². The van der Waals surface area contributed by atoms with Crippen LogP contribution in [0, 0.1) is 13.8 Å². The van der Waals surface area contributed by atoms with Crippen molar-refractivity contribution < 1.29 is 9.26 Å². The fourth-order valence-electron chi connectivity index (χ4n) is 2.25. The van der Waals surface area contributed by atoms with Crippen LogP contribution in [0.2, 0.25) is 0 Å². The molecule has 3 rings (SSSR count). The predicted molar refractivity (Wildman–Crippen MR) is 83.5 cm³/mol. The van der Waals surface area contributed by atoms with Gasteiger partial charge in [0, 0.05) is 0 Å².